The van der Waals surface area contributed by atoms with Crippen molar-refractivity contribution in [1.29, 1.82) is 0 Å². The Morgan fingerprint density at radius 2 is 1.00 bits per heavy atom. The smallest absolute Gasteiger partial charge is 0.268 e. The Labute approximate surface area is 137 Å². The van der Waals surface area contributed by atoms with Gasteiger partial charge >= 0.3 is 0 Å². The fourth-order valence-corrected chi connectivity index (χ4v) is 3.28. The summed E-state index contributed by atoms with van der Waals surface area (Å²) in [5, 5.41) is 0. The van der Waals surface area contributed by atoms with Gasteiger partial charge in [0.2, 0.25) is 0 Å². The summed E-state index contributed by atoms with van der Waals surface area (Å²) < 4.78 is 46.5. The number of phosphoric ester groups is 2. The first-order valence-electron chi connectivity index (χ1n) is 7.02. The molecule has 0 aliphatic rings. The van der Waals surface area contributed by atoms with Crippen molar-refractivity contribution < 1.29 is 41.7 Å². The van der Waals surface area contributed by atoms with Crippen LogP contribution in [-0.4, -0.2) is 37.6 Å². The number of ether oxygens (including phenoxy) is 1. The number of hydrogen-bond donors (Lipinski definition) is 0. The average molecular weight is 376 g/mol. The predicted octanol–water partition coefficient (Wildman–Crippen LogP) is 1.60. The van der Waals surface area contributed by atoms with Crippen molar-refractivity contribution in [3.63, 3.8) is 0 Å². The van der Waals surface area contributed by atoms with E-state index in [0.717, 1.165) is 0 Å². The third-order valence-corrected chi connectivity index (χ3v) is 4.27. The van der Waals surface area contributed by atoms with Crippen LogP contribution < -0.4 is 9.79 Å². The van der Waals surface area contributed by atoms with Crippen LogP contribution in [0, 0.1) is 0 Å². The summed E-state index contributed by atoms with van der Waals surface area (Å²) in [6, 6.07) is 0. The molecule has 0 saturated heterocycles. The molecular weight excluding hydrogens is 350 g/mol. The van der Waals surface area contributed by atoms with E-state index in [1.165, 1.54) is 0 Å². The highest BCUT2D eigenvalue weighted by Gasteiger charge is 2.21. The first-order valence-corrected chi connectivity index (χ1v) is 9.94. The van der Waals surface area contributed by atoms with Crippen molar-refractivity contribution in [2.75, 3.05) is 26.4 Å². The van der Waals surface area contributed by atoms with Crippen LogP contribution in [-0.2, 0) is 32.0 Å². The molecule has 0 fully saturated rings. The molecule has 0 radical (unpaired) electrons. The molecule has 0 bridgehead atoms. The normalized spacial score (nSPS) is 18.4. The van der Waals surface area contributed by atoms with Crippen molar-refractivity contribution in [3.05, 3.63) is 0 Å². The first-order chi connectivity index (χ1) is 10.1. The van der Waals surface area contributed by atoms with Gasteiger partial charge in [-0.05, 0) is 41.5 Å². The third-order valence-electron chi connectivity index (χ3n) is 1.73. The molecule has 0 N–H and O–H groups in total. The van der Waals surface area contributed by atoms with Gasteiger partial charge < -0.3 is 32.6 Å². The van der Waals surface area contributed by atoms with E-state index in [1.54, 1.807) is 41.5 Å². The number of rotatable bonds is 10. The number of phosphoric acid groups is 2. The van der Waals surface area contributed by atoms with Gasteiger partial charge in [-0.25, -0.2) is 0 Å². The molecule has 23 heavy (non-hydrogen) atoms. The van der Waals surface area contributed by atoms with Crippen molar-refractivity contribution in [3.8, 4) is 0 Å². The maximum Gasteiger partial charge on any atom is 0.268 e. The molecule has 0 aromatic heterocycles. The molecule has 2 atom stereocenters. The third kappa shape index (κ3) is 15.4. The summed E-state index contributed by atoms with van der Waals surface area (Å²) in [7, 11) is -8.79. The maximum absolute atomic E-state index is 11.4. The van der Waals surface area contributed by atoms with Crippen molar-refractivity contribution in [2.24, 2.45) is 0 Å². The second-order valence-corrected chi connectivity index (χ2v) is 9.25. The Morgan fingerprint density at radius 1 is 0.696 bits per heavy atom. The lowest BCUT2D eigenvalue weighted by molar-refractivity contribution is -0.234. The van der Waals surface area contributed by atoms with Gasteiger partial charge in [0.15, 0.2) is 0 Å². The second kappa shape index (κ2) is 9.04. The molecule has 0 rings (SSSR count). The molecule has 0 aromatic rings. The average Bonchev–Trinajstić information content (AvgIpc) is 2.20. The molecule has 11 heteroatoms. The molecule has 140 valence electrons. The van der Waals surface area contributed by atoms with Crippen LogP contribution in [0.5, 0.6) is 0 Å². The summed E-state index contributed by atoms with van der Waals surface area (Å²) in [4.78, 5) is 22.8. The topological polar surface area (TPSA) is 126 Å². The van der Waals surface area contributed by atoms with Crippen LogP contribution in [0.25, 0.3) is 0 Å². The van der Waals surface area contributed by atoms with E-state index >= 15 is 0 Å². The zero-order valence-electron chi connectivity index (χ0n) is 14.4. The highest BCUT2D eigenvalue weighted by Crippen LogP contribution is 2.43. The SMILES string of the molecule is CC(C)(C)OP(=O)([O-])OCCOCCOP(=O)([O-])OC(C)(C)C. The van der Waals surface area contributed by atoms with Crippen LogP contribution in [0.1, 0.15) is 41.5 Å². The zero-order valence-corrected chi connectivity index (χ0v) is 16.2. The molecule has 0 aliphatic carbocycles. The first kappa shape index (κ1) is 23.2. The largest absolute Gasteiger partial charge is 0.756 e. The van der Waals surface area contributed by atoms with Crippen molar-refractivity contribution in [2.45, 2.75) is 52.7 Å². The van der Waals surface area contributed by atoms with Crippen LogP contribution in [0.3, 0.4) is 0 Å². The highest BCUT2D eigenvalue weighted by atomic mass is 31.2. The minimum absolute atomic E-state index is 0.0631. The van der Waals surface area contributed by atoms with Crippen LogP contribution in [0.15, 0.2) is 0 Å². The van der Waals surface area contributed by atoms with Gasteiger partial charge in [-0.1, -0.05) is 0 Å². The summed E-state index contributed by atoms with van der Waals surface area (Å²) in [5.74, 6) is 0. The van der Waals surface area contributed by atoms with Crippen LogP contribution in [0.2, 0.25) is 0 Å². The Hall–Kier alpha value is 0.180. The van der Waals surface area contributed by atoms with Gasteiger partial charge in [0, 0.05) is 0 Å². The van der Waals surface area contributed by atoms with Crippen LogP contribution >= 0.6 is 15.6 Å². The summed E-state index contributed by atoms with van der Waals surface area (Å²) in [6.45, 7) is 8.86. The molecule has 0 aromatic carbocycles. The molecule has 0 spiro atoms. The monoisotopic (exact) mass is 376 g/mol. The van der Waals surface area contributed by atoms with E-state index in [-0.39, 0.29) is 26.4 Å². The lowest BCUT2D eigenvalue weighted by atomic mass is 10.2. The van der Waals surface area contributed by atoms with E-state index < -0.39 is 26.8 Å². The molecule has 0 amide bonds. The van der Waals surface area contributed by atoms with Gasteiger partial charge in [0.05, 0.1) is 37.6 Å². The number of hydrogen-bond acceptors (Lipinski definition) is 9. The summed E-state index contributed by atoms with van der Waals surface area (Å²) in [5.41, 5.74) is -1.76. The van der Waals surface area contributed by atoms with Crippen LogP contribution in [0.4, 0.5) is 0 Å². The van der Waals surface area contributed by atoms with Gasteiger partial charge in [-0.3, -0.25) is 9.13 Å². The summed E-state index contributed by atoms with van der Waals surface area (Å²) >= 11 is 0. The predicted molar refractivity (Wildman–Crippen MR) is 79.6 cm³/mol. The van der Waals surface area contributed by atoms with E-state index in [0.29, 0.717) is 0 Å². The van der Waals surface area contributed by atoms with E-state index in [2.05, 4.69) is 9.05 Å². The quantitative estimate of drug-likeness (QED) is 0.413. The molecule has 0 saturated carbocycles. The Morgan fingerprint density at radius 3 is 1.26 bits per heavy atom. The van der Waals surface area contributed by atoms with Crippen molar-refractivity contribution >= 4 is 15.6 Å². The zero-order chi connectivity index (χ0) is 18.4. The lowest BCUT2D eigenvalue weighted by Crippen LogP contribution is -2.24. The fourth-order valence-electron chi connectivity index (χ4n) is 1.24. The van der Waals surface area contributed by atoms with E-state index in [4.69, 9.17) is 13.8 Å². The van der Waals surface area contributed by atoms with E-state index in [1.807, 2.05) is 0 Å². The molecule has 0 heterocycles. The fraction of sp³-hybridized carbons (Fsp3) is 1.00. The van der Waals surface area contributed by atoms with Gasteiger partial charge in [-0.2, -0.15) is 0 Å². The molecule has 0 aliphatic heterocycles. The minimum atomic E-state index is -4.40. The Balaban J connectivity index is 3.83. The lowest BCUT2D eigenvalue weighted by Gasteiger charge is -2.30. The molecule has 9 nitrogen and oxygen atoms in total. The Bertz CT molecular complexity index is 399. The maximum atomic E-state index is 11.4. The van der Waals surface area contributed by atoms with Gasteiger partial charge in [0.1, 0.15) is 0 Å². The summed E-state index contributed by atoms with van der Waals surface area (Å²) in [6.07, 6.45) is 0. The molecular formula is C12H26O9P2-2. The van der Waals surface area contributed by atoms with Gasteiger partial charge in [-0.15, -0.1) is 0 Å². The van der Waals surface area contributed by atoms with E-state index in [9.17, 15) is 18.9 Å². The Kier molecular flexibility index (Phi) is 9.11. The standard InChI is InChI=1S/C12H28O9P2/c1-11(2,3)20-22(13,14)18-9-7-17-8-10-19-23(15,16)21-12(4,5)6/h7-10H2,1-6H3,(H,13,14)(H,15,16)/p-2. The molecule has 2 unspecified atom stereocenters. The van der Waals surface area contributed by atoms with Crippen molar-refractivity contribution in [1.82, 2.24) is 0 Å². The van der Waals surface area contributed by atoms with Gasteiger partial charge in [0.25, 0.3) is 15.6 Å². The second-order valence-electron chi connectivity index (χ2n) is 6.58. The highest BCUT2D eigenvalue weighted by molar-refractivity contribution is 7.46. The minimum Gasteiger partial charge on any atom is -0.756 e.